The van der Waals surface area contributed by atoms with Crippen LogP contribution in [-0.4, -0.2) is 47.5 Å². The van der Waals surface area contributed by atoms with E-state index in [9.17, 15) is 9.59 Å². The van der Waals surface area contributed by atoms with E-state index < -0.39 is 0 Å². The van der Waals surface area contributed by atoms with Gasteiger partial charge in [0.2, 0.25) is 5.91 Å². The quantitative estimate of drug-likeness (QED) is 0.658. The van der Waals surface area contributed by atoms with Crippen LogP contribution in [0.5, 0.6) is 0 Å². The van der Waals surface area contributed by atoms with Crippen molar-refractivity contribution >= 4 is 23.6 Å². The Morgan fingerprint density at radius 2 is 1.64 bits per heavy atom. The molecule has 1 aliphatic rings. The number of carbonyl (C=O) groups excluding carboxylic acids is 2. The largest absolute Gasteiger partial charge is 0.342 e. The number of carbonyl (C=O) groups is 2. The molecular weight excluding hydrogens is 368 g/mol. The van der Waals surface area contributed by atoms with Crippen molar-refractivity contribution in [3.63, 3.8) is 0 Å². The molecule has 28 heavy (non-hydrogen) atoms. The molecule has 0 N–H and O–H groups in total. The first-order chi connectivity index (χ1) is 13.6. The summed E-state index contributed by atoms with van der Waals surface area (Å²) in [6.07, 6.45) is 3.20. The Hall–Kier alpha value is -2.27. The van der Waals surface area contributed by atoms with Crippen molar-refractivity contribution < 1.29 is 9.59 Å². The van der Waals surface area contributed by atoms with Gasteiger partial charge >= 0.3 is 0 Å². The molecule has 0 radical (unpaired) electrons. The minimum atomic E-state index is -0.0173. The summed E-state index contributed by atoms with van der Waals surface area (Å²) in [5.74, 6) is 0.525. The predicted molar refractivity (Wildman–Crippen MR) is 115 cm³/mol. The fourth-order valence-electron chi connectivity index (χ4n) is 3.40. The monoisotopic (exact) mass is 396 g/mol. The lowest BCUT2D eigenvalue weighted by Gasteiger charge is -2.20. The van der Waals surface area contributed by atoms with Gasteiger partial charge in [-0.05, 0) is 42.5 Å². The van der Waals surface area contributed by atoms with E-state index in [1.165, 1.54) is 17.3 Å². The summed E-state index contributed by atoms with van der Waals surface area (Å²) in [5.41, 5.74) is 3.07. The van der Waals surface area contributed by atoms with Gasteiger partial charge < -0.3 is 9.80 Å². The molecule has 148 valence electrons. The van der Waals surface area contributed by atoms with Gasteiger partial charge in [0.25, 0.3) is 5.91 Å². The number of aryl methyl sites for hydroxylation is 1. The maximum absolute atomic E-state index is 13.0. The van der Waals surface area contributed by atoms with Crippen LogP contribution in [0.4, 0.5) is 0 Å². The van der Waals surface area contributed by atoms with Crippen molar-refractivity contribution in [3.05, 3.63) is 65.2 Å². The molecule has 1 heterocycles. The Bertz CT molecular complexity index is 814. The minimum absolute atomic E-state index is 0.0173. The van der Waals surface area contributed by atoms with E-state index in [2.05, 4.69) is 31.2 Å². The molecule has 1 aliphatic heterocycles. The van der Waals surface area contributed by atoms with Crippen LogP contribution in [0.3, 0.4) is 0 Å². The third-order valence-electron chi connectivity index (χ3n) is 5.13. The number of thioether (sulfide) groups is 1. The van der Waals surface area contributed by atoms with Crippen molar-refractivity contribution in [1.29, 1.82) is 0 Å². The second kappa shape index (κ2) is 9.78. The van der Waals surface area contributed by atoms with Crippen LogP contribution in [0, 0.1) is 0 Å². The van der Waals surface area contributed by atoms with E-state index >= 15 is 0 Å². The molecule has 0 aromatic heterocycles. The van der Waals surface area contributed by atoms with Gasteiger partial charge in [0, 0.05) is 31.6 Å². The molecule has 0 spiro atoms. The summed E-state index contributed by atoms with van der Waals surface area (Å²) >= 11 is 1.46. The van der Waals surface area contributed by atoms with Crippen LogP contribution in [-0.2, 0) is 17.8 Å². The first-order valence-corrected chi connectivity index (χ1v) is 10.9. The van der Waals surface area contributed by atoms with Crippen molar-refractivity contribution in [1.82, 2.24) is 9.80 Å². The molecule has 5 heteroatoms. The third kappa shape index (κ3) is 5.16. The normalized spacial score (nSPS) is 13.6. The van der Waals surface area contributed by atoms with Crippen molar-refractivity contribution in [2.24, 2.45) is 0 Å². The Morgan fingerprint density at radius 3 is 2.32 bits per heavy atom. The van der Waals surface area contributed by atoms with E-state index in [-0.39, 0.29) is 11.8 Å². The van der Waals surface area contributed by atoms with Crippen LogP contribution in [0.15, 0.2) is 53.4 Å². The van der Waals surface area contributed by atoms with E-state index in [0.717, 1.165) is 42.8 Å². The average molecular weight is 397 g/mol. The zero-order chi connectivity index (χ0) is 19.9. The first kappa shape index (κ1) is 20.5. The van der Waals surface area contributed by atoms with Crippen molar-refractivity contribution in [2.75, 3.05) is 25.9 Å². The Morgan fingerprint density at radius 1 is 1.00 bits per heavy atom. The summed E-state index contributed by atoms with van der Waals surface area (Å²) in [7, 11) is 1.83. The number of nitrogens with zero attached hydrogens (tertiary/aromatic N) is 2. The molecule has 4 nitrogen and oxygen atoms in total. The van der Waals surface area contributed by atoms with E-state index in [4.69, 9.17) is 0 Å². The molecule has 0 bridgehead atoms. The summed E-state index contributed by atoms with van der Waals surface area (Å²) < 4.78 is 0. The molecule has 3 rings (SSSR count). The SMILES string of the molecule is CCc1ccc(CN(C)C(=O)c2ccccc2SCC(=O)N2CCCC2)cc1. The second-order valence-electron chi connectivity index (χ2n) is 7.20. The average Bonchev–Trinajstić information content (AvgIpc) is 3.27. The third-order valence-corrected chi connectivity index (χ3v) is 6.18. The topological polar surface area (TPSA) is 40.6 Å². The van der Waals surface area contributed by atoms with Gasteiger partial charge in [-0.2, -0.15) is 0 Å². The molecule has 0 saturated carbocycles. The molecular formula is C23H28N2O2S. The fourth-order valence-corrected chi connectivity index (χ4v) is 4.35. The fraction of sp³-hybridized carbons (Fsp3) is 0.391. The zero-order valence-electron chi connectivity index (χ0n) is 16.7. The highest BCUT2D eigenvalue weighted by atomic mass is 32.2. The van der Waals surface area contributed by atoms with Gasteiger partial charge in [-0.15, -0.1) is 11.8 Å². The van der Waals surface area contributed by atoms with Gasteiger partial charge in [0.05, 0.1) is 11.3 Å². The molecule has 1 fully saturated rings. The molecule has 2 aromatic rings. The lowest BCUT2D eigenvalue weighted by molar-refractivity contribution is -0.127. The summed E-state index contributed by atoms with van der Waals surface area (Å²) in [6.45, 7) is 4.42. The summed E-state index contributed by atoms with van der Waals surface area (Å²) in [4.78, 5) is 29.9. The number of benzene rings is 2. The Kier molecular flexibility index (Phi) is 7.15. The lowest BCUT2D eigenvalue weighted by Crippen LogP contribution is -2.29. The Balaban J connectivity index is 1.64. The highest BCUT2D eigenvalue weighted by Gasteiger charge is 2.20. The number of hydrogen-bond acceptors (Lipinski definition) is 3. The number of likely N-dealkylation sites (tertiary alicyclic amines) is 1. The molecule has 2 amide bonds. The van der Waals surface area contributed by atoms with E-state index in [0.29, 0.717) is 17.9 Å². The molecule has 1 saturated heterocycles. The predicted octanol–water partition coefficient (Wildman–Crippen LogP) is 4.24. The zero-order valence-corrected chi connectivity index (χ0v) is 17.5. The smallest absolute Gasteiger partial charge is 0.255 e. The molecule has 0 aliphatic carbocycles. The summed E-state index contributed by atoms with van der Waals surface area (Å²) in [5, 5.41) is 0. The van der Waals surface area contributed by atoms with Crippen LogP contribution >= 0.6 is 11.8 Å². The van der Waals surface area contributed by atoms with Gasteiger partial charge in [0.1, 0.15) is 0 Å². The number of amides is 2. The first-order valence-electron chi connectivity index (χ1n) is 9.91. The molecule has 2 aromatic carbocycles. The van der Waals surface area contributed by atoms with E-state index in [1.54, 1.807) is 4.90 Å². The van der Waals surface area contributed by atoms with Gasteiger partial charge in [-0.1, -0.05) is 43.3 Å². The van der Waals surface area contributed by atoms with Crippen LogP contribution < -0.4 is 0 Å². The van der Waals surface area contributed by atoms with Gasteiger partial charge in [-0.3, -0.25) is 9.59 Å². The van der Waals surface area contributed by atoms with Crippen LogP contribution in [0.25, 0.3) is 0 Å². The van der Waals surface area contributed by atoms with Crippen LogP contribution in [0.2, 0.25) is 0 Å². The summed E-state index contributed by atoms with van der Waals surface area (Å²) in [6, 6.07) is 16.0. The van der Waals surface area contributed by atoms with Gasteiger partial charge in [-0.25, -0.2) is 0 Å². The lowest BCUT2D eigenvalue weighted by atomic mass is 10.1. The Labute approximate surface area is 171 Å². The van der Waals surface area contributed by atoms with Crippen LogP contribution in [0.1, 0.15) is 41.3 Å². The number of hydrogen-bond donors (Lipinski definition) is 0. The maximum atomic E-state index is 13.0. The van der Waals surface area contributed by atoms with Crippen molar-refractivity contribution in [2.45, 2.75) is 37.6 Å². The standard InChI is InChI=1S/C23H28N2O2S/c1-3-18-10-12-19(13-11-18)16-24(2)23(27)20-8-4-5-9-21(20)28-17-22(26)25-14-6-7-15-25/h4-5,8-13H,3,6-7,14-17H2,1-2H3. The van der Waals surface area contributed by atoms with Crippen molar-refractivity contribution in [3.8, 4) is 0 Å². The highest BCUT2D eigenvalue weighted by molar-refractivity contribution is 8.00. The molecule has 0 unspecified atom stereocenters. The maximum Gasteiger partial charge on any atom is 0.255 e. The number of rotatable bonds is 7. The van der Waals surface area contributed by atoms with E-state index in [1.807, 2.05) is 36.2 Å². The molecule has 0 atom stereocenters. The second-order valence-corrected chi connectivity index (χ2v) is 8.22. The minimum Gasteiger partial charge on any atom is -0.342 e. The highest BCUT2D eigenvalue weighted by Crippen LogP contribution is 2.25. The van der Waals surface area contributed by atoms with Gasteiger partial charge in [0.15, 0.2) is 0 Å².